The first kappa shape index (κ1) is 10.3. The predicted molar refractivity (Wildman–Crippen MR) is 59.5 cm³/mol. The molecule has 0 amide bonds. The summed E-state index contributed by atoms with van der Waals surface area (Å²) in [4.78, 5) is 1.89. The number of rotatable bonds is 2. The third-order valence-electron chi connectivity index (χ3n) is 2.23. The van der Waals surface area contributed by atoms with Crippen molar-refractivity contribution in [3.05, 3.63) is 57.5 Å². The van der Waals surface area contributed by atoms with Crippen molar-refractivity contribution in [3.8, 4) is 0 Å². The monoisotopic (exact) mass is 222 g/mol. The van der Waals surface area contributed by atoms with Crippen molar-refractivity contribution in [2.75, 3.05) is 0 Å². The summed E-state index contributed by atoms with van der Waals surface area (Å²) < 4.78 is 13.4. The highest BCUT2D eigenvalue weighted by molar-refractivity contribution is 7.12. The summed E-state index contributed by atoms with van der Waals surface area (Å²) in [6, 6.07) is 10.1. The fraction of sp³-hybridized carbons (Fsp3) is 0.167. The molecule has 0 aliphatic rings. The van der Waals surface area contributed by atoms with Crippen molar-refractivity contribution < 1.29 is 9.50 Å². The number of halogens is 1. The average Bonchev–Trinajstić information content (AvgIpc) is 2.65. The van der Waals surface area contributed by atoms with Crippen molar-refractivity contribution in [1.82, 2.24) is 0 Å². The van der Waals surface area contributed by atoms with Crippen molar-refractivity contribution in [1.29, 1.82) is 0 Å². The van der Waals surface area contributed by atoms with Crippen LogP contribution in [-0.4, -0.2) is 5.11 Å². The van der Waals surface area contributed by atoms with Gasteiger partial charge in [0, 0.05) is 15.3 Å². The van der Waals surface area contributed by atoms with Crippen LogP contribution in [0.3, 0.4) is 0 Å². The van der Waals surface area contributed by atoms with Gasteiger partial charge in [-0.3, -0.25) is 0 Å². The maximum absolute atomic E-state index is 13.4. The first-order valence-corrected chi connectivity index (χ1v) is 5.49. The number of benzene rings is 1. The van der Waals surface area contributed by atoms with Crippen LogP contribution in [0.5, 0.6) is 0 Å². The number of thiophene rings is 1. The van der Waals surface area contributed by atoms with E-state index in [1.807, 2.05) is 19.1 Å². The van der Waals surface area contributed by atoms with E-state index in [2.05, 4.69) is 0 Å². The maximum Gasteiger partial charge on any atom is 0.129 e. The molecule has 0 bridgehead atoms. The third-order valence-corrected chi connectivity index (χ3v) is 3.28. The Bertz CT molecular complexity index is 464. The molecule has 1 aromatic heterocycles. The number of aliphatic hydroxyl groups is 1. The lowest BCUT2D eigenvalue weighted by Gasteiger charge is -2.09. The summed E-state index contributed by atoms with van der Waals surface area (Å²) in [7, 11) is 0. The second-order valence-corrected chi connectivity index (χ2v) is 4.69. The molecule has 2 aromatic rings. The Kier molecular flexibility index (Phi) is 2.84. The zero-order valence-electron chi connectivity index (χ0n) is 8.27. The van der Waals surface area contributed by atoms with E-state index in [-0.39, 0.29) is 5.82 Å². The van der Waals surface area contributed by atoms with E-state index in [1.54, 1.807) is 18.2 Å². The van der Waals surface area contributed by atoms with Crippen LogP contribution in [0, 0.1) is 12.7 Å². The van der Waals surface area contributed by atoms with Crippen molar-refractivity contribution in [3.63, 3.8) is 0 Å². The van der Waals surface area contributed by atoms with E-state index in [4.69, 9.17) is 0 Å². The molecule has 1 aromatic carbocycles. The van der Waals surface area contributed by atoms with Crippen LogP contribution in [0.15, 0.2) is 36.4 Å². The number of aliphatic hydroxyl groups excluding tert-OH is 1. The lowest BCUT2D eigenvalue weighted by Crippen LogP contribution is -1.99. The second kappa shape index (κ2) is 4.13. The normalized spacial score (nSPS) is 12.7. The van der Waals surface area contributed by atoms with Gasteiger partial charge in [-0.15, -0.1) is 11.3 Å². The number of hydrogen-bond acceptors (Lipinski definition) is 2. The quantitative estimate of drug-likeness (QED) is 0.826. The predicted octanol–water partition coefficient (Wildman–Crippen LogP) is 3.28. The molecule has 78 valence electrons. The molecule has 0 fully saturated rings. The van der Waals surface area contributed by atoms with Gasteiger partial charge in [0.15, 0.2) is 0 Å². The maximum atomic E-state index is 13.4. The van der Waals surface area contributed by atoms with E-state index >= 15 is 0 Å². The van der Waals surface area contributed by atoms with Crippen LogP contribution >= 0.6 is 11.3 Å². The smallest absolute Gasteiger partial charge is 0.129 e. The first-order chi connectivity index (χ1) is 7.18. The minimum atomic E-state index is -0.857. The van der Waals surface area contributed by atoms with Crippen LogP contribution in [0.4, 0.5) is 4.39 Å². The minimum absolute atomic E-state index is 0.333. The van der Waals surface area contributed by atoms with Gasteiger partial charge < -0.3 is 5.11 Å². The van der Waals surface area contributed by atoms with Crippen molar-refractivity contribution >= 4 is 11.3 Å². The first-order valence-electron chi connectivity index (χ1n) is 4.67. The lowest BCUT2D eigenvalue weighted by molar-refractivity contribution is 0.219. The Labute approximate surface area is 91.8 Å². The van der Waals surface area contributed by atoms with Gasteiger partial charge in [0.1, 0.15) is 11.9 Å². The number of aryl methyl sites for hydroxylation is 1. The van der Waals surface area contributed by atoms with Gasteiger partial charge >= 0.3 is 0 Å². The molecule has 1 N–H and O–H groups in total. The summed E-state index contributed by atoms with van der Waals surface area (Å²) in [5, 5.41) is 9.96. The lowest BCUT2D eigenvalue weighted by atomic mass is 10.1. The zero-order chi connectivity index (χ0) is 10.8. The van der Waals surface area contributed by atoms with Crippen molar-refractivity contribution in [2.24, 2.45) is 0 Å². The largest absolute Gasteiger partial charge is 0.383 e. The highest BCUT2D eigenvalue weighted by Gasteiger charge is 2.15. The van der Waals surface area contributed by atoms with Gasteiger partial charge in [0.2, 0.25) is 0 Å². The van der Waals surface area contributed by atoms with E-state index in [0.29, 0.717) is 5.56 Å². The summed E-state index contributed by atoms with van der Waals surface area (Å²) in [6.07, 6.45) is -0.857. The van der Waals surface area contributed by atoms with Gasteiger partial charge in [-0.25, -0.2) is 4.39 Å². The Morgan fingerprint density at radius 1 is 1.20 bits per heavy atom. The highest BCUT2D eigenvalue weighted by atomic mass is 32.1. The molecule has 3 heteroatoms. The van der Waals surface area contributed by atoms with Gasteiger partial charge in [-0.1, -0.05) is 18.2 Å². The topological polar surface area (TPSA) is 20.2 Å². The Morgan fingerprint density at radius 3 is 2.53 bits per heavy atom. The molecule has 0 spiro atoms. The number of hydrogen-bond donors (Lipinski definition) is 1. The van der Waals surface area contributed by atoms with Crippen LogP contribution in [0.2, 0.25) is 0 Å². The van der Waals surface area contributed by atoms with E-state index in [0.717, 1.165) is 9.75 Å². The molecule has 0 radical (unpaired) electrons. The molecule has 0 saturated heterocycles. The summed E-state index contributed by atoms with van der Waals surface area (Å²) in [6.45, 7) is 1.96. The van der Waals surface area contributed by atoms with Crippen molar-refractivity contribution in [2.45, 2.75) is 13.0 Å². The molecule has 0 aliphatic heterocycles. The molecule has 2 rings (SSSR count). The Morgan fingerprint density at radius 2 is 1.93 bits per heavy atom. The summed E-state index contributed by atoms with van der Waals surface area (Å²) >= 11 is 1.48. The minimum Gasteiger partial charge on any atom is -0.383 e. The molecule has 0 saturated carbocycles. The van der Waals surface area contributed by atoms with Crippen LogP contribution in [-0.2, 0) is 0 Å². The van der Waals surface area contributed by atoms with E-state index < -0.39 is 6.10 Å². The molecule has 15 heavy (non-hydrogen) atoms. The van der Waals surface area contributed by atoms with Crippen LogP contribution < -0.4 is 0 Å². The van der Waals surface area contributed by atoms with Gasteiger partial charge in [0.05, 0.1) is 0 Å². The zero-order valence-corrected chi connectivity index (χ0v) is 9.09. The molecule has 1 atom stereocenters. The SMILES string of the molecule is Cc1ccc(C(O)c2ccccc2F)s1. The average molecular weight is 222 g/mol. The summed E-state index contributed by atoms with van der Waals surface area (Å²) in [5.74, 6) is -0.365. The third kappa shape index (κ3) is 2.08. The van der Waals surface area contributed by atoms with Gasteiger partial charge in [-0.2, -0.15) is 0 Å². The molecule has 0 aliphatic carbocycles. The van der Waals surface area contributed by atoms with E-state index in [1.165, 1.54) is 17.4 Å². The van der Waals surface area contributed by atoms with E-state index in [9.17, 15) is 9.50 Å². The Hall–Kier alpha value is -1.19. The highest BCUT2D eigenvalue weighted by Crippen LogP contribution is 2.29. The standard InChI is InChI=1S/C12H11FOS/c1-8-6-7-11(15-8)12(14)9-4-2-3-5-10(9)13/h2-7,12,14H,1H3. The molecule has 1 heterocycles. The molecule has 1 unspecified atom stereocenters. The molecular weight excluding hydrogens is 211 g/mol. The van der Waals surface area contributed by atoms with Gasteiger partial charge in [-0.05, 0) is 25.1 Å². The molecule has 1 nitrogen and oxygen atoms in total. The fourth-order valence-electron chi connectivity index (χ4n) is 1.45. The van der Waals surface area contributed by atoms with Gasteiger partial charge in [0.25, 0.3) is 0 Å². The second-order valence-electron chi connectivity index (χ2n) is 3.37. The van der Waals surface area contributed by atoms with Crippen LogP contribution in [0.1, 0.15) is 21.4 Å². The summed E-state index contributed by atoms with van der Waals surface area (Å²) in [5.41, 5.74) is 0.333. The fourth-order valence-corrected chi connectivity index (χ4v) is 2.33. The Balaban J connectivity index is 2.36. The van der Waals surface area contributed by atoms with Crippen LogP contribution in [0.25, 0.3) is 0 Å². The molecular formula is C12H11FOS.